The first-order valence-corrected chi connectivity index (χ1v) is 11.9. The molecule has 4 rings (SSSR count). The quantitative estimate of drug-likeness (QED) is 0.395. The number of ketones is 1. The number of hydrogen-bond acceptors (Lipinski definition) is 3. The standard InChI is InChI=1S/C27H29F3N2O2/c1-3-14-31(15-4-2)20-12-10-18-11-13-23-24(21(18)16-20)22(25(33)27(28,29)30)17-32(23)26(34)19-8-6-5-7-9-19/h5-9,11,13,17,20H,3-4,10,12,14-16H2,1-2H3. The largest absolute Gasteiger partial charge is 0.454 e. The minimum Gasteiger partial charge on any atom is -0.300 e. The van der Waals surface area contributed by atoms with E-state index >= 15 is 0 Å². The molecule has 0 aliphatic heterocycles. The lowest BCUT2D eigenvalue weighted by Gasteiger charge is -2.35. The van der Waals surface area contributed by atoms with E-state index in [0.29, 0.717) is 17.5 Å². The van der Waals surface area contributed by atoms with Crippen molar-refractivity contribution in [3.05, 3.63) is 70.9 Å². The van der Waals surface area contributed by atoms with E-state index in [4.69, 9.17) is 0 Å². The summed E-state index contributed by atoms with van der Waals surface area (Å²) in [6, 6.07) is 12.2. The fourth-order valence-electron chi connectivity index (χ4n) is 5.15. The summed E-state index contributed by atoms with van der Waals surface area (Å²) in [6.07, 6.45) is 0.259. The van der Waals surface area contributed by atoms with Crippen LogP contribution in [0, 0.1) is 0 Å². The Labute approximate surface area is 197 Å². The van der Waals surface area contributed by atoms with Gasteiger partial charge in [0.25, 0.3) is 11.7 Å². The van der Waals surface area contributed by atoms with E-state index in [-0.39, 0.29) is 11.4 Å². The van der Waals surface area contributed by atoms with Crippen LogP contribution in [0.2, 0.25) is 0 Å². The molecule has 0 spiro atoms. The smallest absolute Gasteiger partial charge is 0.300 e. The number of alkyl halides is 3. The van der Waals surface area contributed by atoms with Gasteiger partial charge in [-0.2, -0.15) is 13.2 Å². The fourth-order valence-corrected chi connectivity index (χ4v) is 5.15. The molecule has 0 saturated heterocycles. The second-order valence-corrected chi connectivity index (χ2v) is 8.94. The summed E-state index contributed by atoms with van der Waals surface area (Å²) in [5.74, 6) is -2.37. The molecule has 1 aliphatic carbocycles. The lowest BCUT2D eigenvalue weighted by atomic mass is 9.84. The third-order valence-electron chi connectivity index (χ3n) is 6.64. The molecule has 7 heteroatoms. The summed E-state index contributed by atoms with van der Waals surface area (Å²) in [4.78, 5) is 28.1. The van der Waals surface area contributed by atoms with E-state index in [0.717, 1.165) is 56.1 Å². The van der Waals surface area contributed by atoms with Gasteiger partial charge < -0.3 is 4.90 Å². The molecule has 34 heavy (non-hydrogen) atoms. The molecule has 1 aromatic heterocycles. The molecule has 0 bridgehead atoms. The van der Waals surface area contributed by atoms with Gasteiger partial charge in [-0.3, -0.25) is 14.2 Å². The van der Waals surface area contributed by atoms with Crippen LogP contribution in [0.4, 0.5) is 13.2 Å². The van der Waals surface area contributed by atoms with Gasteiger partial charge in [0.1, 0.15) is 0 Å². The molecule has 1 heterocycles. The number of carbonyl (C=O) groups excluding carboxylic acids is 2. The lowest BCUT2D eigenvalue weighted by molar-refractivity contribution is -0.0884. The molecule has 0 N–H and O–H groups in total. The first kappa shape index (κ1) is 24.2. The van der Waals surface area contributed by atoms with Gasteiger partial charge in [-0.1, -0.05) is 38.1 Å². The molecular weight excluding hydrogens is 441 g/mol. The van der Waals surface area contributed by atoms with E-state index in [1.165, 1.54) is 4.57 Å². The first-order chi connectivity index (χ1) is 16.3. The zero-order chi connectivity index (χ0) is 24.5. The normalized spacial score (nSPS) is 16.1. The molecular formula is C27H29F3N2O2. The Balaban J connectivity index is 1.88. The average molecular weight is 471 g/mol. The average Bonchev–Trinajstić information content (AvgIpc) is 3.22. The van der Waals surface area contributed by atoms with E-state index < -0.39 is 23.4 Å². The number of benzene rings is 2. The van der Waals surface area contributed by atoms with Crippen LogP contribution >= 0.6 is 0 Å². The van der Waals surface area contributed by atoms with Crippen LogP contribution in [0.15, 0.2) is 48.7 Å². The Morgan fingerprint density at radius 3 is 2.32 bits per heavy atom. The Bertz CT molecular complexity index is 1190. The zero-order valence-electron chi connectivity index (χ0n) is 19.5. The van der Waals surface area contributed by atoms with Crippen LogP contribution in [-0.4, -0.2) is 46.5 Å². The van der Waals surface area contributed by atoms with Crippen LogP contribution in [0.5, 0.6) is 0 Å². The maximum absolute atomic E-state index is 13.6. The first-order valence-electron chi connectivity index (χ1n) is 11.9. The summed E-state index contributed by atoms with van der Waals surface area (Å²) < 4.78 is 41.9. The third-order valence-corrected chi connectivity index (χ3v) is 6.64. The number of halogens is 3. The predicted molar refractivity (Wildman–Crippen MR) is 126 cm³/mol. The highest BCUT2D eigenvalue weighted by atomic mass is 19.4. The number of hydrogen-bond donors (Lipinski definition) is 0. The van der Waals surface area contributed by atoms with Crippen molar-refractivity contribution in [1.82, 2.24) is 9.47 Å². The molecule has 1 unspecified atom stereocenters. The number of fused-ring (bicyclic) bond motifs is 3. The molecule has 1 atom stereocenters. The van der Waals surface area contributed by atoms with Crippen LogP contribution in [0.1, 0.15) is 65.0 Å². The summed E-state index contributed by atoms with van der Waals surface area (Å²) in [5, 5.41) is 0.266. The SMILES string of the molecule is CCCN(CCC)C1CCc2ccc3c(c(C(=O)C(F)(F)F)cn3C(=O)c3ccccc3)c2C1. The van der Waals surface area contributed by atoms with E-state index in [2.05, 4.69) is 18.7 Å². The summed E-state index contributed by atoms with van der Waals surface area (Å²) in [5.41, 5.74) is 1.97. The van der Waals surface area contributed by atoms with E-state index in [1.54, 1.807) is 36.4 Å². The number of aromatic nitrogens is 1. The zero-order valence-corrected chi connectivity index (χ0v) is 19.5. The van der Waals surface area contributed by atoms with Crippen LogP contribution < -0.4 is 0 Å². The van der Waals surface area contributed by atoms with Crippen molar-refractivity contribution < 1.29 is 22.8 Å². The minimum atomic E-state index is -5.03. The van der Waals surface area contributed by atoms with Crippen LogP contribution in [-0.2, 0) is 12.8 Å². The van der Waals surface area contributed by atoms with E-state index in [1.807, 2.05) is 6.07 Å². The minimum absolute atomic E-state index is 0.194. The highest BCUT2D eigenvalue weighted by Gasteiger charge is 2.42. The molecule has 3 aromatic rings. The Hall–Kier alpha value is -2.93. The lowest BCUT2D eigenvalue weighted by Crippen LogP contribution is -2.40. The molecule has 0 fully saturated rings. The third kappa shape index (κ3) is 4.53. The Morgan fingerprint density at radius 2 is 1.71 bits per heavy atom. The molecule has 0 radical (unpaired) electrons. The van der Waals surface area contributed by atoms with Gasteiger partial charge in [-0.25, -0.2) is 0 Å². The number of aryl methyl sites for hydroxylation is 1. The molecule has 2 aromatic carbocycles. The van der Waals surface area contributed by atoms with Gasteiger partial charge in [0.05, 0.1) is 11.1 Å². The predicted octanol–water partition coefficient (Wildman–Crippen LogP) is 6.05. The van der Waals surface area contributed by atoms with Crippen LogP contribution in [0.3, 0.4) is 0 Å². The maximum atomic E-state index is 13.6. The van der Waals surface area contributed by atoms with Crippen molar-refractivity contribution in [3.63, 3.8) is 0 Å². The van der Waals surface area contributed by atoms with Crippen molar-refractivity contribution in [1.29, 1.82) is 0 Å². The van der Waals surface area contributed by atoms with Gasteiger partial charge in [0, 0.05) is 23.2 Å². The highest BCUT2D eigenvalue weighted by molar-refractivity contribution is 6.15. The number of rotatable bonds is 7. The van der Waals surface area contributed by atoms with Crippen molar-refractivity contribution >= 4 is 22.6 Å². The van der Waals surface area contributed by atoms with Crippen molar-refractivity contribution in [2.75, 3.05) is 13.1 Å². The topological polar surface area (TPSA) is 42.3 Å². The van der Waals surface area contributed by atoms with Gasteiger partial charge in [-0.15, -0.1) is 0 Å². The van der Waals surface area contributed by atoms with Gasteiger partial charge in [0.2, 0.25) is 0 Å². The summed E-state index contributed by atoms with van der Waals surface area (Å²) in [6.45, 7) is 6.08. The van der Waals surface area contributed by atoms with Gasteiger partial charge >= 0.3 is 6.18 Å². The second-order valence-electron chi connectivity index (χ2n) is 8.94. The highest BCUT2D eigenvalue weighted by Crippen LogP contribution is 2.37. The fraction of sp³-hybridized carbons (Fsp3) is 0.407. The summed E-state index contributed by atoms with van der Waals surface area (Å²) >= 11 is 0. The Kier molecular flexibility index (Phi) is 6.94. The van der Waals surface area contributed by atoms with Crippen molar-refractivity contribution in [2.45, 2.75) is 58.2 Å². The summed E-state index contributed by atoms with van der Waals surface area (Å²) in [7, 11) is 0. The number of carbonyl (C=O) groups is 2. The van der Waals surface area contributed by atoms with Crippen molar-refractivity contribution in [3.8, 4) is 0 Å². The van der Waals surface area contributed by atoms with Gasteiger partial charge in [0.15, 0.2) is 0 Å². The van der Waals surface area contributed by atoms with Gasteiger partial charge in [-0.05, 0) is 74.5 Å². The number of Topliss-reactive ketones (excluding diaryl/α,β-unsaturated/α-hetero) is 1. The second kappa shape index (κ2) is 9.74. The molecule has 0 saturated carbocycles. The van der Waals surface area contributed by atoms with E-state index in [9.17, 15) is 22.8 Å². The number of nitrogens with zero attached hydrogens (tertiary/aromatic N) is 2. The molecule has 180 valence electrons. The molecule has 0 amide bonds. The van der Waals surface area contributed by atoms with Crippen LogP contribution in [0.25, 0.3) is 10.9 Å². The molecule has 1 aliphatic rings. The monoisotopic (exact) mass is 470 g/mol. The Morgan fingerprint density at radius 1 is 1.03 bits per heavy atom. The molecule has 4 nitrogen and oxygen atoms in total. The maximum Gasteiger partial charge on any atom is 0.454 e. The van der Waals surface area contributed by atoms with Crippen molar-refractivity contribution in [2.24, 2.45) is 0 Å².